The SMILES string of the molecule is CC(C)(C)c1ccc(CCC(=O)N(Cc2ccc(Cl)c(Cl)c2)[C@@H](Cc2ccccc2)C(=O)NC2CCCCC2)cc1. The highest BCUT2D eigenvalue weighted by Crippen LogP contribution is 2.26. The number of carbonyl (C=O) groups excluding carboxylic acids is 2. The number of benzene rings is 3. The second-order valence-corrected chi connectivity index (χ2v) is 13.1. The van der Waals surface area contributed by atoms with E-state index >= 15 is 0 Å². The molecule has 1 N–H and O–H groups in total. The van der Waals surface area contributed by atoms with Crippen molar-refractivity contribution < 1.29 is 9.59 Å². The molecule has 218 valence electrons. The van der Waals surface area contributed by atoms with Crippen LogP contribution in [0.2, 0.25) is 10.0 Å². The molecule has 1 aliphatic rings. The van der Waals surface area contributed by atoms with E-state index in [0.29, 0.717) is 29.3 Å². The van der Waals surface area contributed by atoms with Crippen LogP contribution in [-0.2, 0) is 34.4 Å². The Bertz CT molecular complexity index is 1300. The molecule has 0 spiro atoms. The molecule has 41 heavy (non-hydrogen) atoms. The molecule has 0 aliphatic heterocycles. The molecule has 0 bridgehead atoms. The van der Waals surface area contributed by atoms with Crippen LogP contribution in [0.15, 0.2) is 72.8 Å². The number of hydrogen-bond donors (Lipinski definition) is 1. The Labute approximate surface area is 255 Å². The zero-order valence-electron chi connectivity index (χ0n) is 24.5. The molecule has 1 atom stereocenters. The normalized spacial score (nSPS) is 14.9. The molecule has 0 radical (unpaired) electrons. The summed E-state index contributed by atoms with van der Waals surface area (Å²) in [6.45, 7) is 6.85. The average Bonchev–Trinajstić information content (AvgIpc) is 2.96. The lowest BCUT2D eigenvalue weighted by Crippen LogP contribution is -2.52. The Morgan fingerprint density at radius 1 is 0.854 bits per heavy atom. The maximum atomic E-state index is 14.0. The van der Waals surface area contributed by atoms with Gasteiger partial charge in [-0.3, -0.25) is 9.59 Å². The van der Waals surface area contributed by atoms with Gasteiger partial charge in [0.25, 0.3) is 0 Å². The van der Waals surface area contributed by atoms with Gasteiger partial charge >= 0.3 is 0 Å². The van der Waals surface area contributed by atoms with Gasteiger partial charge in [-0.05, 0) is 59.1 Å². The first-order valence-corrected chi connectivity index (χ1v) is 15.5. The van der Waals surface area contributed by atoms with Gasteiger partial charge in [0.15, 0.2) is 0 Å². The third-order valence-electron chi connectivity index (χ3n) is 8.01. The Kier molecular flexibility index (Phi) is 10.9. The molecule has 1 fully saturated rings. The van der Waals surface area contributed by atoms with E-state index in [1.165, 1.54) is 12.0 Å². The lowest BCUT2D eigenvalue weighted by atomic mass is 9.86. The van der Waals surface area contributed by atoms with Crippen molar-refractivity contribution in [1.29, 1.82) is 0 Å². The molecule has 0 saturated heterocycles. The molecule has 1 aliphatic carbocycles. The summed E-state index contributed by atoms with van der Waals surface area (Å²) >= 11 is 12.5. The average molecular weight is 594 g/mol. The van der Waals surface area contributed by atoms with E-state index in [0.717, 1.165) is 42.4 Å². The van der Waals surface area contributed by atoms with Gasteiger partial charge in [0.2, 0.25) is 11.8 Å². The third-order valence-corrected chi connectivity index (χ3v) is 8.75. The fraction of sp³-hybridized carbons (Fsp3) is 0.429. The summed E-state index contributed by atoms with van der Waals surface area (Å²) in [7, 11) is 0. The van der Waals surface area contributed by atoms with Crippen LogP contribution in [0, 0.1) is 0 Å². The van der Waals surface area contributed by atoms with E-state index in [1.807, 2.05) is 36.4 Å². The summed E-state index contributed by atoms with van der Waals surface area (Å²) < 4.78 is 0. The summed E-state index contributed by atoms with van der Waals surface area (Å²) in [6.07, 6.45) is 6.75. The summed E-state index contributed by atoms with van der Waals surface area (Å²) in [5.74, 6) is -0.153. The van der Waals surface area contributed by atoms with Gasteiger partial charge in [0, 0.05) is 25.4 Å². The van der Waals surface area contributed by atoms with Crippen LogP contribution in [0.25, 0.3) is 0 Å². The van der Waals surface area contributed by atoms with Crippen LogP contribution in [0.4, 0.5) is 0 Å². The van der Waals surface area contributed by atoms with Gasteiger partial charge < -0.3 is 10.2 Å². The molecule has 4 rings (SSSR count). The number of nitrogens with one attached hydrogen (secondary N) is 1. The maximum Gasteiger partial charge on any atom is 0.243 e. The zero-order valence-corrected chi connectivity index (χ0v) is 26.0. The minimum atomic E-state index is -0.649. The van der Waals surface area contributed by atoms with E-state index in [1.54, 1.807) is 17.0 Å². The van der Waals surface area contributed by atoms with E-state index in [-0.39, 0.29) is 29.8 Å². The van der Waals surface area contributed by atoms with Gasteiger partial charge in [0.05, 0.1) is 10.0 Å². The zero-order chi connectivity index (χ0) is 29.4. The lowest BCUT2D eigenvalue weighted by molar-refractivity contribution is -0.141. The van der Waals surface area contributed by atoms with Crippen molar-refractivity contribution in [1.82, 2.24) is 10.2 Å². The highest BCUT2D eigenvalue weighted by Gasteiger charge is 2.32. The molecule has 0 aromatic heterocycles. The van der Waals surface area contributed by atoms with Crippen LogP contribution >= 0.6 is 23.2 Å². The number of aryl methyl sites for hydroxylation is 1. The molecular formula is C35H42Cl2N2O2. The molecule has 4 nitrogen and oxygen atoms in total. The van der Waals surface area contributed by atoms with E-state index in [2.05, 4.69) is 50.4 Å². The van der Waals surface area contributed by atoms with Crippen molar-refractivity contribution in [2.75, 3.05) is 0 Å². The molecule has 3 aromatic rings. The van der Waals surface area contributed by atoms with E-state index in [4.69, 9.17) is 23.2 Å². The van der Waals surface area contributed by atoms with Gasteiger partial charge in [-0.1, -0.05) is 124 Å². The second kappa shape index (κ2) is 14.4. The van der Waals surface area contributed by atoms with Crippen LogP contribution in [0.3, 0.4) is 0 Å². The van der Waals surface area contributed by atoms with E-state index < -0.39 is 6.04 Å². The van der Waals surface area contributed by atoms with Crippen molar-refractivity contribution in [2.24, 2.45) is 0 Å². The predicted octanol–water partition coefficient (Wildman–Crippen LogP) is 8.31. The fourth-order valence-corrected chi connectivity index (χ4v) is 5.82. The van der Waals surface area contributed by atoms with Crippen molar-refractivity contribution in [3.63, 3.8) is 0 Å². The van der Waals surface area contributed by atoms with Gasteiger partial charge in [-0.25, -0.2) is 0 Å². The molecule has 3 aromatic carbocycles. The maximum absolute atomic E-state index is 14.0. The largest absolute Gasteiger partial charge is 0.352 e. The van der Waals surface area contributed by atoms with Gasteiger partial charge in [-0.2, -0.15) is 0 Å². The molecule has 1 saturated carbocycles. The monoisotopic (exact) mass is 592 g/mol. The molecule has 0 heterocycles. The van der Waals surface area contributed by atoms with Crippen LogP contribution in [-0.4, -0.2) is 28.8 Å². The van der Waals surface area contributed by atoms with Crippen molar-refractivity contribution >= 4 is 35.0 Å². The highest BCUT2D eigenvalue weighted by molar-refractivity contribution is 6.42. The van der Waals surface area contributed by atoms with Crippen molar-refractivity contribution in [3.8, 4) is 0 Å². The van der Waals surface area contributed by atoms with Crippen molar-refractivity contribution in [2.45, 2.75) is 96.2 Å². The number of hydrogen-bond acceptors (Lipinski definition) is 2. The fourth-order valence-electron chi connectivity index (χ4n) is 5.50. The highest BCUT2D eigenvalue weighted by atomic mass is 35.5. The van der Waals surface area contributed by atoms with Crippen LogP contribution in [0.5, 0.6) is 0 Å². The Balaban J connectivity index is 1.60. The molecule has 0 unspecified atom stereocenters. The van der Waals surface area contributed by atoms with Gasteiger partial charge in [0.1, 0.15) is 6.04 Å². The number of halogens is 2. The molecular weight excluding hydrogens is 551 g/mol. The number of nitrogens with zero attached hydrogens (tertiary/aromatic N) is 1. The number of amides is 2. The standard InChI is InChI=1S/C35H42Cl2N2O2/c1-35(2,3)28-18-14-25(15-19-28)17-21-33(40)39(24-27-16-20-30(36)31(37)22-27)32(23-26-10-6-4-7-11-26)34(41)38-29-12-8-5-9-13-29/h4,6-7,10-11,14-16,18-20,22,29,32H,5,8-9,12-13,17,21,23-24H2,1-3H3,(H,38,41)/t32-/m0/s1. The lowest BCUT2D eigenvalue weighted by Gasteiger charge is -2.33. The predicted molar refractivity (Wildman–Crippen MR) is 169 cm³/mol. The van der Waals surface area contributed by atoms with Crippen LogP contribution in [0.1, 0.15) is 81.5 Å². The molecule has 6 heteroatoms. The second-order valence-electron chi connectivity index (χ2n) is 12.3. The first-order chi connectivity index (χ1) is 19.6. The van der Waals surface area contributed by atoms with E-state index in [9.17, 15) is 9.59 Å². The quantitative estimate of drug-likeness (QED) is 0.257. The van der Waals surface area contributed by atoms with Crippen LogP contribution < -0.4 is 5.32 Å². The Morgan fingerprint density at radius 2 is 1.51 bits per heavy atom. The molecule has 2 amide bonds. The Morgan fingerprint density at radius 3 is 2.15 bits per heavy atom. The topological polar surface area (TPSA) is 49.4 Å². The summed E-state index contributed by atoms with van der Waals surface area (Å²) in [4.78, 5) is 29.7. The Hall–Kier alpha value is -2.82. The minimum Gasteiger partial charge on any atom is -0.352 e. The summed E-state index contributed by atoms with van der Waals surface area (Å²) in [6, 6.07) is 23.3. The number of rotatable bonds is 10. The summed E-state index contributed by atoms with van der Waals surface area (Å²) in [5.41, 5.74) is 4.29. The summed E-state index contributed by atoms with van der Waals surface area (Å²) in [5, 5.41) is 4.19. The van der Waals surface area contributed by atoms with Crippen molar-refractivity contribution in [3.05, 3.63) is 105 Å². The smallest absolute Gasteiger partial charge is 0.243 e. The first-order valence-electron chi connectivity index (χ1n) is 14.8. The minimum absolute atomic E-state index is 0.0595. The van der Waals surface area contributed by atoms with Gasteiger partial charge in [-0.15, -0.1) is 0 Å². The first kappa shape index (κ1) is 31.1. The number of carbonyl (C=O) groups is 2. The third kappa shape index (κ3) is 9.08.